The minimum absolute atomic E-state index is 0.0743. The molecular weight excluding hydrogens is 340 g/mol. The zero-order valence-corrected chi connectivity index (χ0v) is 19.0. The maximum Gasteiger partial charge on any atom is 0.0577 e. The molecule has 1 nitrogen and oxygen atoms in total. The fourth-order valence-electron chi connectivity index (χ4n) is 8.86. The van der Waals surface area contributed by atoms with Crippen LogP contribution < -0.4 is 0 Å². The maximum atomic E-state index is 10.2. The normalized spacial score (nSPS) is 50.2. The van der Waals surface area contributed by atoms with Crippen molar-refractivity contribution < 1.29 is 5.11 Å². The van der Waals surface area contributed by atoms with Gasteiger partial charge in [-0.05, 0) is 123 Å². The van der Waals surface area contributed by atoms with E-state index in [9.17, 15) is 5.11 Å². The molecule has 5 aliphatic carbocycles. The van der Waals surface area contributed by atoms with Gasteiger partial charge in [0.25, 0.3) is 0 Å². The van der Waals surface area contributed by atoms with Crippen LogP contribution in [-0.2, 0) is 0 Å². The van der Waals surface area contributed by atoms with Gasteiger partial charge in [-0.2, -0.15) is 0 Å². The van der Waals surface area contributed by atoms with E-state index in [2.05, 4.69) is 33.8 Å². The van der Waals surface area contributed by atoms with E-state index in [0.717, 1.165) is 47.8 Å². The van der Waals surface area contributed by atoms with Crippen LogP contribution in [0.1, 0.15) is 105 Å². The number of allylic oxidation sites excluding steroid dienone is 1. The fraction of sp³-hybridized carbons (Fsp3) is 0.926. The number of aliphatic hydroxyl groups is 1. The van der Waals surface area contributed by atoms with Crippen molar-refractivity contribution in [1.29, 1.82) is 0 Å². The molecule has 4 fully saturated rings. The summed E-state index contributed by atoms with van der Waals surface area (Å²) in [5, 5.41) is 10.2. The van der Waals surface area contributed by atoms with Crippen LogP contribution in [0.25, 0.3) is 0 Å². The predicted molar refractivity (Wildman–Crippen MR) is 117 cm³/mol. The lowest BCUT2D eigenvalue weighted by Crippen LogP contribution is -2.50. The van der Waals surface area contributed by atoms with E-state index < -0.39 is 0 Å². The third-order valence-corrected chi connectivity index (χ3v) is 11.1. The molecule has 0 radical (unpaired) electrons. The van der Waals surface area contributed by atoms with Crippen molar-refractivity contribution in [3.8, 4) is 0 Å². The number of aliphatic hydroxyl groups excluding tert-OH is 1. The Hall–Kier alpha value is -0.300. The molecule has 28 heavy (non-hydrogen) atoms. The molecule has 0 bridgehead atoms. The summed E-state index contributed by atoms with van der Waals surface area (Å²) < 4.78 is 0. The Morgan fingerprint density at radius 2 is 1.79 bits per heavy atom. The number of hydrogen-bond acceptors (Lipinski definition) is 1. The Morgan fingerprint density at radius 1 is 1.00 bits per heavy atom. The molecule has 0 aromatic carbocycles. The zero-order valence-electron chi connectivity index (χ0n) is 19.0. The average molecular weight is 385 g/mol. The monoisotopic (exact) mass is 384 g/mol. The van der Waals surface area contributed by atoms with Crippen molar-refractivity contribution >= 4 is 0 Å². The molecule has 1 heteroatoms. The lowest BCUT2D eigenvalue weighted by atomic mass is 9.47. The minimum Gasteiger partial charge on any atom is -0.393 e. The Bertz CT molecular complexity index is 645. The summed E-state index contributed by atoms with van der Waals surface area (Å²) in [6.45, 7) is 10.4. The number of rotatable bonds is 4. The molecule has 0 aromatic rings. The van der Waals surface area contributed by atoms with Gasteiger partial charge in [-0.3, -0.25) is 0 Å². The van der Waals surface area contributed by atoms with Gasteiger partial charge in [-0.1, -0.05) is 39.3 Å². The molecule has 5 rings (SSSR count). The summed E-state index contributed by atoms with van der Waals surface area (Å²) in [7, 11) is 0. The molecule has 3 unspecified atom stereocenters. The second kappa shape index (κ2) is 6.60. The molecule has 0 aliphatic heterocycles. The largest absolute Gasteiger partial charge is 0.393 e. The minimum atomic E-state index is -0.0743. The Balaban J connectivity index is 1.33. The van der Waals surface area contributed by atoms with Crippen molar-refractivity contribution in [3.63, 3.8) is 0 Å². The van der Waals surface area contributed by atoms with Crippen LogP contribution in [0, 0.1) is 45.8 Å². The van der Waals surface area contributed by atoms with Crippen LogP contribution >= 0.6 is 0 Å². The van der Waals surface area contributed by atoms with Gasteiger partial charge in [0.15, 0.2) is 0 Å². The van der Waals surface area contributed by atoms with Crippen LogP contribution in [0.4, 0.5) is 0 Å². The summed E-state index contributed by atoms with van der Waals surface area (Å²) >= 11 is 0. The van der Waals surface area contributed by atoms with Gasteiger partial charge in [0.1, 0.15) is 0 Å². The summed E-state index contributed by atoms with van der Waals surface area (Å²) in [6.07, 6.45) is 18.9. The van der Waals surface area contributed by atoms with Gasteiger partial charge in [-0.15, -0.1) is 0 Å². The lowest BCUT2D eigenvalue weighted by molar-refractivity contribution is -0.0574. The Morgan fingerprint density at radius 3 is 2.54 bits per heavy atom. The highest BCUT2D eigenvalue weighted by Gasteiger charge is 2.59. The van der Waals surface area contributed by atoms with E-state index in [0.29, 0.717) is 10.8 Å². The van der Waals surface area contributed by atoms with Crippen molar-refractivity contribution in [3.05, 3.63) is 11.6 Å². The van der Waals surface area contributed by atoms with Gasteiger partial charge in [-0.25, -0.2) is 0 Å². The molecule has 0 saturated heterocycles. The van der Waals surface area contributed by atoms with E-state index in [1.165, 1.54) is 64.2 Å². The molecule has 158 valence electrons. The Kier molecular flexibility index (Phi) is 4.63. The number of hydrogen-bond donors (Lipinski definition) is 1. The second-order valence-electron chi connectivity index (χ2n) is 12.7. The molecule has 0 spiro atoms. The maximum absolute atomic E-state index is 10.2. The summed E-state index contributed by atoms with van der Waals surface area (Å²) in [5.41, 5.74) is 3.33. The van der Waals surface area contributed by atoms with Gasteiger partial charge >= 0.3 is 0 Å². The molecule has 0 aromatic heterocycles. The zero-order chi connectivity index (χ0) is 19.7. The van der Waals surface area contributed by atoms with Crippen LogP contribution in [0.3, 0.4) is 0 Å². The lowest BCUT2D eigenvalue weighted by Gasteiger charge is -2.58. The number of fused-ring (bicyclic) bond motifs is 5. The van der Waals surface area contributed by atoms with E-state index >= 15 is 0 Å². The smallest absolute Gasteiger partial charge is 0.0577 e. The van der Waals surface area contributed by atoms with Crippen LogP contribution in [0.2, 0.25) is 0 Å². The fourth-order valence-corrected chi connectivity index (χ4v) is 8.86. The van der Waals surface area contributed by atoms with Gasteiger partial charge in [0.2, 0.25) is 0 Å². The van der Waals surface area contributed by atoms with Crippen molar-refractivity contribution in [2.45, 2.75) is 111 Å². The van der Waals surface area contributed by atoms with Gasteiger partial charge in [0.05, 0.1) is 6.10 Å². The molecule has 1 N–H and O–H groups in total. The molecular formula is C27H44O. The SMILES string of the molecule is C[C@H](CCC1(C)CC1)[C@H]1CCC2C3CC=C4C[C@@H](O)CC[C@]4(C)C3CC[C@@]21C. The quantitative estimate of drug-likeness (QED) is 0.511. The van der Waals surface area contributed by atoms with Crippen LogP contribution in [-0.4, -0.2) is 11.2 Å². The molecule has 0 heterocycles. The highest BCUT2D eigenvalue weighted by Crippen LogP contribution is 2.67. The molecule has 0 amide bonds. The van der Waals surface area contributed by atoms with Gasteiger partial charge in [0, 0.05) is 0 Å². The predicted octanol–water partition coefficient (Wildman–Crippen LogP) is 7.14. The first-order valence-electron chi connectivity index (χ1n) is 12.6. The summed E-state index contributed by atoms with van der Waals surface area (Å²) in [6, 6.07) is 0. The van der Waals surface area contributed by atoms with Crippen molar-refractivity contribution in [2.75, 3.05) is 0 Å². The van der Waals surface area contributed by atoms with Gasteiger partial charge < -0.3 is 5.11 Å². The molecule has 5 aliphatic rings. The summed E-state index contributed by atoms with van der Waals surface area (Å²) in [4.78, 5) is 0. The van der Waals surface area contributed by atoms with Crippen molar-refractivity contribution in [1.82, 2.24) is 0 Å². The second-order valence-corrected chi connectivity index (χ2v) is 12.7. The highest BCUT2D eigenvalue weighted by atomic mass is 16.3. The average Bonchev–Trinajstić information content (AvgIpc) is 3.29. The topological polar surface area (TPSA) is 20.2 Å². The first kappa shape index (κ1) is 19.7. The third-order valence-electron chi connectivity index (χ3n) is 11.1. The van der Waals surface area contributed by atoms with E-state index in [1.54, 1.807) is 5.57 Å². The molecule has 4 saturated carbocycles. The standard InChI is InChI=1S/C27H44O/c1-18(9-12-25(2)15-16-25)22-7-8-23-21-6-5-19-17-20(28)10-13-26(19,3)24(21)11-14-27(22,23)4/h5,18,20-24,28H,6-17H2,1-4H3/t18-,20+,21?,22-,23?,24?,26+,27-/m1/s1. The first-order chi connectivity index (χ1) is 13.3. The Labute approximate surface area is 173 Å². The van der Waals surface area contributed by atoms with E-state index in [-0.39, 0.29) is 6.10 Å². The highest BCUT2D eigenvalue weighted by molar-refractivity contribution is 5.25. The summed E-state index contributed by atoms with van der Waals surface area (Å²) in [5.74, 6) is 4.64. The van der Waals surface area contributed by atoms with Crippen LogP contribution in [0.5, 0.6) is 0 Å². The molecule has 8 atom stereocenters. The third kappa shape index (κ3) is 2.97. The first-order valence-corrected chi connectivity index (χ1v) is 12.6. The van der Waals surface area contributed by atoms with E-state index in [4.69, 9.17) is 0 Å². The van der Waals surface area contributed by atoms with Crippen LogP contribution in [0.15, 0.2) is 11.6 Å². The van der Waals surface area contributed by atoms with E-state index in [1.807, 2.05) is 0 Å². The van der Waals surface area contributed by atoms with Crippen molar-refractivity contribution in [2.24, 2.45) is 45.8 Å².